The number of urea groups is 1. The number of anilines is 1. The molecule has 0 spiro atoms. The minimum Gasteiger partial charge on any atom is -0.396 e. The first-order chi connectivity index (χ1) is 9.13. The second kappa shape index (κ2) is 8.77. The molecule has 1 rings (SSSR count). The van der Waals surface area contributed by atoms with Gasteiger partial charge in [-0.05, 0) is 42.9 Å². The van der Waals surface area contributed by atoms with Crippen LogP contribution in [0.15, 0.2) is 18.2 Å². The Morgan fingerprint density at radius 3 is 2.89 bits per heavy atom. The molecule has 0 saturated carbocycles. The number of carbonyl (C=O) groups is 1. The lowest BCUT2D eigenvalue weighted by Gasteiger charge is -2.09. The molecule has 0 aromatic heterocycles. The minimum absolute atomic E-state index is 0.199. The summed E-state index contributed by atoms with van der Waals surface area (Å²) in [7, 11) is 0. The van der Waals surface area contributed by atoms with Crippen LogP contribution in [0.4, 0.5) is 14.9 Å². The molecule has 0 radical (unpaired) electrons. The number of rotatable bonds is 7. The van der Waals surface area contributed by atoms with Crippen LogP contribution in [0.5, 0.6) is 0 Å². The zero-order chi connectivity index (χ0) is 14.1. The van der Waals surface area contributed by atoms with Crippen molar-refractivity contribution in [2.75, 3.05) is 30.0 Å². The van der Waals surface area contributed by atoms with Gasteiger partial charge in [-0.1, -0.05) is 0 Å². The summed E-state index contributed by atoms with van der Waals surface area (Å²) in [4.78, 5) is 11.6. The average molecular weight is 286 g/mol. The number of aryl methyl sites for hydroxylation is 1. The Morgan fingerprint density at radius 2 is 2.21 bits per heavy atom. The van der Waals surface area contributed by atoms with E-state index in [0.717, 1.165) is 17.9 Å². The highest BCUT2D eigenvalue weighted by atomic mass is 32.2. The Labute approximate surface area is 116 Å². The monoisotopic (exact) mass is 286 g/mol. The molecule has 1 aromatic carbocycles. The maximum absolute atomic E-state index is 12.9. The van der Waals surface area contributed by atoms with Crippen LogP contribution in [0.3, 0.4) is 0 Å². The van der Waals surface area contributed by atoms with E-state index in [9.17, 15) is 9.18 Å². The van der Waals surface area contributed by atoms with Crippen molar-refractivity contribution in [3.05, 3.63) is 29.6 Å². The fourth-order valence-electron chi connectivity index (χ4n) is 1.44. The zero-order valence-electron chi connectivity index (χ0n) is 10.9. The molecule has 4 nitrogen and oxygen atoms in total. The normalized spacial score (nSPS) is 10.3. The lowest BCUT2D eigenvalue weighted by atomic mass is 10.2. The Kier molecular flexibility index (Phi) is 7.28. The molecule has 0 saturated heterocycles. The Balaban J connectivity index is 2.23. The van der Waals surface area contributed by atoms with Gasteiger partial charge in [0.2, 0.25) is 0 Å². The highest BCUT2D eigenvalue weighted by molar-refractivity contribution is 7.99. The fraction of sp³-hybridized carbons (Fsp3) is 0.462. The summed E-state index contributed by atoms with van der Waals surface area (Å²) in [6.45, 7) is 2.50. The van der Waals surface area contributed by atoms with Crippen molar-refractivity contribution < 1.29 is 14.3 Å². The third-order valence-corrected chi connectivity index (χ3v) is 3.49. The maximum atomic E-state index is 12.9. The summed E-state index contributed by atoms with van der Waals surface area (Å²) in [6, 6.07) is 3.94. The van der Waals surface area contributed by atoms with Crippen LogP contribution in [0, 0.1) is 12.7 Å². The number of hydrogen-bond acceptors (Lipinski definition) is 3. The molecule has 106 valence electrons. The number of aliphatic hydroxyl groups excluding tert-OH is 1. The van der Waals surface area contributed by atoms with E-state index in [1.807, 2.05) is 0 Å². The van der Waals surface area contributed by atoms with E-state index in [1.165, 1.54) is 12.1 Å². The summed E-state index contributed by atoms with van der Waals surface area (Å²) in [5.74, 6) is 1.37. The first kappa shape index (κ1) is 15.8. The van der Waals surface area contributed by atoms with Crippen LogP contribution in [-0.4, -0.2) is 35.8 Å². The third-order valence-electron chi connectivity index (χ3n) is 2.42. The van der Waals surface area contributed by atoms with Crippen LogP contribution in [0.25, 0.3) is 0 Å². The molecular formula is C13H19FN2O2S. The van der Waals surface area contributed by atoms with Gasteiger partial charge in [-0.25, -0.2) is 9.18 Å². The topological polar surface area (TPSA) is 61.4 Å². The highest BCUT2D eigenvalue weighted by Crippen LogP contribution is 2.15. The largest absolute Gasteiger partial charge is 0.396 e. The Hall–Kier alpha value is -1.27. The van der Waals surface area contributed by atoms with Gasteiger partial charge in [-0.3, -0.25) is 0 Å². The van der Waals surface area contributed by atoms with Gasteiger partial charge >= 0.3 is 6.03 Å². The molecule has 0 fully saturated rings. The highest BCUT2D eigenvalue weighted by Gasteiger charge is 2.04. The SMILES string of the molecule is Cc1cc(F)ccc1NC(=O)NCCSCCCO. The van der Waals surface area contributed by atoms with Crippen LogP contribution < -0.4 is 10.6 Å². The van der Waals surface area contributed by atoms with E-state index in [-0.39, 0.29) is 18.5 Å². The van der Waals surface area contributed by atoms with E-state index < -0.39 is 0 Å². The van der Waals surface area contributed by atoms with Crippen molar-refractivity contribution in [2.24, 2.45) is 0 Å². The lowest BCUT2D eigenvalue weighted by molar-refractivity contribution is 0.252. The van der Waals surface area contributed by atoms with Gasteiger partial charge in [0.15, 0.2) is 0 Å². The van der Waals surface area contributed by atoms with Crippen molar-refractivity contribution in [3.63, 3.8) is 0 Å². The van der Waals surface area contributed by atoms with Crippen LogP contribution in [0.2, 0.25) is 0 Å². The molecule has 3 N–H and O–H groups in total. The van der Waals surface area contributed by atoms with Crippen molar-refractivity contribution in [2.45, 2.75) is 13.3 Å². The molecular weight excluding hydrogens is 267 g/mol. The molecule has 2 amide bonds. The van der Waals surface area contributed by atoms with Gasteiger partial charge in [0.1, 0.15) is 5.82 Å². The van der Waals surface area contributed by atoms with Gasteiger partial charge in [0.25, 0.3) is 0 Å². The summed E-state index contributed by atoms with van der Waals surface area (Å²) >= 11 is 1.68. The predicted octanol–water partition coefficient (Wildman–Crippen LogP) is 2.37. The van der Waals surface area contributed by atoms with Crippen molar-refractivity contribution in [1.82, 2.24) is 5.32 Å². The number of halogens is 1. The molecule has 0 unspecified atom stereocenters. The summed E-state index contributed by atoms with van der Waals surface area (Å²) in [6.07, 6.45) is 0.769. The molecule has 6 heteroatoms. The number of nitrogens with one attached hydrogen (secondary N) is 2. The first-order valence-electron chi connectivity index (χ1n) is 6.13. The summed E-state index contributed by atoms with van der Waals surface area (Å²) in [5, 5.41) is 14.0. The van der Waals surface area contributed by atoms with E-state index in [4.69, 9.17) is 5.11 Å². The quantitative estimate of drug-likeness (QED) is 0.674. The number of hydrogen-bond donors (Lipinski definition) is 3. The second-order valence-electron chi connectivity index (χ2n) is 4.03. The smallest absolute Gasteiger partial charge is 0.319 e. The average Bonchev–Trinajstić information content (AvgIpc) is 2.37. The van der Waals surface area contributed by atoms with Crippen LogP contribution in [0.1, 0.15) is 12.0 Å². The minimum atomic E-state index is -0.316. The molecule has 1 aromatic rings. The molecule has 0 aliphatic carbocycles. The van der Waals surface area contributed by atoms with Gasteiger partial charge < -0.3 is 15.7 Å². The van der Waals surface area contributed by atoms with E-state index in [1.54, 1.807) is 24.8 Å². The van der Waals surface area contributed by atoms with Crippen molar-refractivity contribution in [3.8, 4) is 0 Å². The number of aliphatic hydroxyl groups is 1. The molecule has 0 atom stereocenters. The second-order valence-corrected chi connectivity index (χ2v) is 5.25. The molecule has 19 heavy (non-hydrogen) atoms. The predicted molar refractivity (Wildman–Crippen MR) is 77.2 cm³/mol. The standard InChI is InChI=1S/C13H19FN2O2S/c1-10-9-11(14)3-4-12(10)16-13(18)15-5-8-19-7-2-6-17/h3-4,9,17H,2,5-8H2,1H3,(H2,15,16,18). The Morgan fingerprint density at radius 1 is 1.42 bits per heavy atom. The molecule has 0 aliphatic rings. The summed E-state index contributed by atoms with van der Waals surface area (Å²) < 4.78 is 12.9. The third kappa shape index (κ3) is 6.45. The van der Waals surface area contributed by atoms with E-state index >= 15 is 0 Å². The van der Waals surface area contributed by atoms with Crippen molar-refractivity contribution in [1.29, 1.82) is 0 Å². The number of benzene rings is 1. The van der Waals surface area contributed by atoms with Crippen LogP contribution in [-0.2, 0) is 0 Å². The molecule has 0 bridgehead atoms. The lowest BCUT2D eigenvalue weighted by Crippen LogP contribution is -2.30. The van der Waals surface area contributed by atoms with Crippen LogP contribution >= 0.6 is 11.8 Å². The van der Waals surface area contributed by atoms with Gasteiger partial charge in [-0.15, -0.1) is 0 Å². The van der Waals surface area contributed by atoms with E-state index in [0.29, 0.717) is 17.8 Å². The zero-order valence-corrected chi connectivity index (χ0v) is 11.7. The fourth-order valence-corrected chi connectivity index (χ4v) is 2.22. The number of amides is 2. The molecule has 0 heterocycles. The van der Waals surface area contributed by atoms with E-state index in [2.05, 4.69) is 10.6 Å². The number of thioether (sulfide) groups is 1. The first-order valence-corrected chi connectivity index (χ1v) is 7.28. The Bertz CT molecular complexity index is 416. The van der Waals surface area contributed by atoms with Gasteiger partial charge in [0, 0.05) is 24.6 Å². The van der Waals surface area contributed by atoms with Gasteiger partial charge in [0.05, 0.1) is 0 Å². The summed E-state index contributed by atoms with van der Waals surface area (Å²) in [5.41, 5.74) is 1.29. The maximum Gasteiger partial charge on any atom is 0.319 e. The van der Waals surface area contributed by atoms with Gasteiger partial charge in [-0.2, -0.15) is 11.8 Å². The molecule has 0 aliphatic heterocycles. The van der Waals surface area contributed by atoms with Crippen molar-refractivity contribution >= 4 is 23.5 Å². The number of carbonyl (C=O) groups excluding carboxylic acids is 1.